The van der Waals surface area contributed by atoms with Gasteiger partial charge in [-0.3, -0.25) is 0 Å². The monoisotopic (exact) mass is 694 g/mol. The van der Waals surface area contributed by atoms with Crippen molar-refractivity contribution < 1.29 is 36.2 Å². The summed E-state index contributed by atoms with van der Waals surface area (Å²) in [6.07, 6.45) is 11.1. The zero-order valence-electron chi connectivity index (χ0n) is 28.5. The number of hydrogen-bond donors (Lipinski definition) is 0. The average molecular weight is 696 g/mol. The molecule has 0 saturated carbocycles. The minimum atomic E-state index is -4.45. The summed E-state index contributed by atoms with van der Waals surface area (Å²) in [5.74, 6) is 3.23. The molecule has 0 N–H and O–H groups in total. The van der Waals surface area contributed by atoms with Crippen LogP contribution in [0.25, 0.3) is 0 Å². The first-order chi connectivity index (χ1) is 19.8. The molecule has 0 heterocycles. The molecule has 0 radical (unpaired) electrons. The molecular weight excluding hydrogens is 644 g/mol. The van der Waals surface area contributed by atoms with E-state index in [9.17, 15) is 0 Å². The third-order valence-electron chi connectivity index (χ3n) is 7.26. The fourth-order valence-corrected chi connectivity index (χ4v) is 25.0. The first-order valence-electron chi connectivity index (χ1n) is 15.5. The van der Waals surface area contributed by atoms with E-state index in [4.69, 9.17) is 15.1 Å². The Morgan fingerprint density at radius 2 is 0.907 bits per heavy atom. The predicted octanol–water partition coefficient (Wildman–Crippen LogP) is 10.7. The number of rotatable bonds is 10. The molecule has 2 aliphatic rings. The van der Waals surface area contributed by atoms with Gasteiger partial charge in [-0.1, -0.05) is 0 Å². The summed E-state index contributed by atoms with van der Waals surface area (Å²) in [4.78, 5) is 0. The Labute approximate surface area is 268 Å². The van der Waals surface area contributed by atoms with Crippen LogP contribution in [0.4, 0.5) is 0 Å². The summed E-state index contributed by atoms with van der Waals surface area (Å²) >= 11 is -4.45. The maximum absolute atomic E-state index is 7.54. The second kappa shape index (κ2) is 12.4. The molecule has 0 bridgehead atoms. The Morgan fingerprint density at radius 3 is 1.23 bits per heavy atom. The average Bonchev–Trinajstić information content (AvgIpc) is 3.53. The van der Waals surface area contributed by atoms with E-state index in [1.54, 1.807) is 0 Å². The van der Waals surface area contributed by atoms with Gasteiger partial charge in [-0.05, 0) is 0 Å². The molecule has 0 spiro atoms. The maximum atomic E-state index is 7.54. The van der Waals surface area contributed by atoms with Gasteiger partial charge < -0.3 is 0 Å². The van der Waals surface area contributed by atoms with E-state index < -0.39 is 37.3 Å². The van der Waals surface area contributed by atoms with Crippen molar-refractivity contribution in [2.45, 2.75) is 105 Å². The van der Waals surface area contributed by atoms with Crippen LogP contribution in [0.5, 0.6) is 23.0 Å². The summed E-state index contributed by atoms with van der Waals surface area (Å²) in [5, 5.41) is 2.95. The van der Waals surface area contributed by atoms with Gasteiger partial charge in [0.1, 0.15) is 0 Å². The van der Waals surface area contributed by atoms with E-state index in [-0.39, 0.29) is 11.2 Å². The summed E-state index contributed by atoms with van der Waals surface area (Å²) in [7, 11) is -3.46. The Morgan fingerprint density at radius 1 is 0.558 bits per heavy atom. The van der Waals surface area contributed by atoms with Gasteiger partial charge in [-0.2, -0.15) is 0 Å². The van der Waals surface area contributed by atoms with Crippen molar-refractivity contribution in [2.24, 2.45) is 0 Å². The van der Waals surface area contributed by atoms with Crippen LogP contribution in [-0.2, 0) is 21.1 Å². The first-order valence-corrected chi connectivity index (χ1v) is 27.0. The van der Waals surface area contributed by atoms with E-state index in [0.717, 1.165) is 35.8 Å². The molecule has 2 aromatic rings. The van der Waals surface area contributed by atoms with Crippen LogP contribution in [0.15, 0.2) is 89.8 Å². The summed E-state index contributed by atoms with van der Waals surface area (Å²) in [6.45, 7) is 27.1. The van der Waals surface area contributed by atoms with Crippen LogP contribution in [0.1, 0.15) is 54.4 Å². The second-order valence-electron chi connectivity index (χ2n) is 15.7. The minimum absolute atomic E-state index is 0.311. The van der Waals surface area contributed by atoms with Gasteiger partial charge in [0.2, 0.25) is 0 Å². The molecule has 0 amide bonds. The van der Waals surface area contributed by atoms with Crippen molar-refractivity contribution in [2.75, 3.05) is 0 Å². The molecule has 0 saturated heterocycles. The number of benzene rings is 2. The van der Waals surface area contributed by atoms with Gasteiger partial charge >= 0.3 is 270 Å². The van der Waals surface area contributed by atoms with Crippen LogP contribution in [0.3, 0.4) is 0 Å². The molecular formula is C36H52O4Si2Zr. The van der Waals surface area contributed by atoms with Gasteiger partial charge in [0.05, 0.1) is 0 Å². The summed E-state index contributed by atoms with van der Waals surface area (Å²) < 4.78 is 30.5. The van der Waals surface area contributed by atoms with Crippen molar-refractivity contribution in [1.29, 1.82) is 0 Å². The van der Waals surface area contributed by atoms with E-state index in [1.807, 2.05) is 36.4 Å². The Bertz CT molecular complexity index is 1350. The van der Waals surface area contributed by atoms with Crippen LogP contribution in [0, 0.1) is 0 Å². The standard InChI is InChI=1S/2C10H14O2.2C8H13Si.Zr/c2*1-10(2,3)12-9-6-4-5-8(11)7-9;2*1-9(2,3)8-6-4-5-7-8;/h2*4-7,11H,1-3H3;2*4,6H,5H2,1-3H3;/q;;;;+2/p-2. The number of ether oxygens (including phenoxy) is 2. The van der Waals surface area contributed by atoms with Crippen LogP contribution in [-0.4, -0.2) is 27.3 Å². The fourth-order valence-electron chi connectivity index (χ4n) is 5.73. The Balaban J connectivity index is 1.99. The molecule has 2 aliphatic carbocycles. The van der Waals surface area contributed by atoms with Gasteiger partial charge in [0.15, 0.2) is 0 Å². The molecule has 4 rings (SSSR count). The third-order valence-corrected chi connectivity index (χ3v) is 21.5. The van der Waals surface area contributed by atoms with Gasteiger partial charge in [0.25, 0.3) is 0 Å². The SMILES string of the molecule is CC(C)(C)Oc1cccc([O][Zr]([O]c2cccc(OC(C)(C)C)c2)([C]2=C([Si](C)(C)C)C=CC2)[C]2=C([Si](C)(C)C)C=CC2)c1. The topological polar surface area (TPSA) is 36.9 Å². The number of allylic oxidation sites excluding steroid dienone is 8. The quantitative estimate of drug-likeness (QED) is 0.232. The van der Waals surface area contributed by atoms with E-state index >= 15 is 0 Å². The first kappa shape index (κ1) is 33.8. The van der Waals surface area contributed by atoms with Crippen molar-refractivity contribution in [1.82, 2.24) is 0 Å². The third kappa shape index (κ3) is 8.55. The normalized spacial score (nSPS) is 16.3. The van der Waals surface area contributed by atoms with Crippen molar-refractivity contribution in [3.63, 3.8) is 0 Å². The molecule has 7 heteroatoms. The zero-order chi connectivity index (χ0) is 31.8. The molecule has 0 fully saturated rings. The molecule has 4 nitrogen and oxygen atoms in total. The van der Waals surface area contributed by atoms with E-state index in [0.29, 0.717) is 0 Å². The summed E-state index contributed by atoms with van der Waals surface area (Å²) in [6, 6.07) is 16.3. The zero-order valence-corrected chi connectivity index (χ0v) is 32.9. The van der Waals surface area contributed by atoms with E-state index in [1.165, 1.54) is 17.0 Å². The Hall–Kier alpha value is -2.08. The van der Waals surface area contributed by atoms with Crippen LogP contribution < -0.4 is 15.1 Å². The van der Waals surface area contributed by atoms with Crippen molar-refractivity contribution >= 4 is 16.1 Å². The van der Waals surface area contributed by atoms with Gasteiger partial charge in [0, 0.05) is 0 Å². The van der Waals surface area contributed by atoms with Gasteiger partial charge in [-0.25, -0.2) is 0 Å². The predicted molar refractivity (Wildman–Crippen MR) is 183 cm³/mol. The molecule has 2 aromatic carbocycles. The van der Waals surface area contributed by atoms with Crippen molar-refractivity contribution in [3.8, 4) is 23.0 Å². The van der Waals surface area contributed by atoms with Crippen LogP contribution in [0.2, 0.25) is 39.3 Å². The van der Waals surface area contributed by atoms with Gasteiger partial charge in [-0.15, -0.1) is 0 Å². The second-order valence-corrected chi connectivity index (χ2v) is 32.8. The molecule has 43 heavy (non-hydrogen) atoms. The van der Waals surface area contributed by atoms with E-state index in [2.05, 4.69) is 117 Å². The molecule has 0 aliphatic heterocycles. The van der Waals surface area contributed by atoms with Crippen molar-refractivity contribution in [3.05, 3.63) is 89.8 Å². The molecule has 0 unspecified atom stereocenters. The molecule has 232 valence electrons. The molecule has 0 aromatic heterocycles. The number of hydrogen-bond acceptors (Lipinski definition) is 4. The Kier molecular flexibility index (Phi) is 9.72. The van der Waals surface area contributed by atoms with Crippen LogP contribution >= 0.6 is 0 Å². The summed E-state index contributed by atoms with van der Waals surface area (Å²) in [5.41, 5.74) is -0.621. The molecule has 0 atom stereocenters. The fraction of sp³-hybridized carbons (Fsp3) is 0.444.